The predicted octanol–water partition coefficient (Wildman–Crippen LogP) is 1.76. The lowest BCUT2D eigenvalue weighted by Gasteiger charge is -2.26. The van der Waals surface area contributed by atoms with Crippen molar-refractivity contribution < 1.29 is 9.53 Å². The lowest BCUT2D eigenvalue weighted by Crippen LogP contribution is -2.29. The first kappa shape index (κ1) is 23.9. The number of nitrogens with two attached hydrogens (primary N) is 1. The maximum absolute atomic E-state index is 12.0. The molecule has 0 spiro atoms. The molecule has 1 aromatic rings. The summed E-state index contributed by atoms with van der Waals surface area (Å²) < 4.78 is 5.53. The van der Waals surface area contributed by atoms with Gasteiger partial charge in [-0.05, 0) is 33.0 Å². The average Bonchev–Trinajstić information content (AvgIpc) is 2.71. The van der Waals surface area contributed by atoms with Crippen molar-refractivity contribution in [2.75, 3.05) is 63.4 Å². The molecule has 0 saturated carbocycles. The highest BCUT2D eigenvalue weighted by Crippen LogP contribution is 2.37. The van der Waals surface area contributed by atoms with Crippen molar-refractivity contribution in [3.05, 3.63) is 37.1 Å². The highest BCUT2D eigenvalue weighted by molar-refractivity contribution is 6.04. The summed E-state index contributed by atoms with van der Waals surface area (Å²) >= 11 is 0. The first-order valence-electron chi connectivity index (χ1n) is 9.04. The van der Waals surface area contributed by atoms with E-state index in [1.54, 1.807) is 19.3 Å². The van der Waals surface area contributed by atoms with Crippen LogP contribution in [0.1, 0.15) is 0 Å². The summed E-state index contributed by atoms with van der Waals surface area (Å²) in [7, 11) is 7.53. The first-order valence-corrected chi connectivity index (χ1v) is 9.04. The molecular weight excluding hydrogens is 370 g/mol. The Morgan fingerprint density at radius 1 is 1.24 bits per heavy atom. The summed E-state index contributed by atoms with van der Waals surface area (Å²) in [6.45, 7) is 9.00. The monoisotopic (exact) mass is 401 g/mol. The SMILES string of the molecule is C=CC(=O)Nc1cc(N/C(N=C)=N/C=C\CN)c(OC)cc1N(C)CCN(C)C. The van der Waals surface area contributed by atoms with Gasteiger partial charge < -0.3 is 30.9 Å². The van der Waals surface area contributed by atoms with Gasteiger partial charge in [-0.3, -0.25) is 4.79 Å². The van der Waals surface area contributed by atoms with Crippen molar-refractivity contribution in [2.45, 2.75) is 0 Å². The van der Waals surface area contributed by atoms with Gasteiger partial charge in [0.05, 0.1) is 24.2 Å². The van der Waals surface area contributed by atoms with E-state index in [1.807, 2.05) is 32.1 Å². The molecule has 158 valence electrons. The molecule has 0 atom stereocenters. The Morgan fingerprint density at radius 2 is 1.97 bits per heavy atom. The number of likely N-dealkylation sites (N-methyl/N-ethyl adjacent to an activating group) is 2. The minimum absolute atomic E-state index is 0.266. The first-order chi connectivity index (χ1) is 13.9. The van der Waals surface area contributed by atoms with E-state index >= 15 is 0 Å². The molecule has 0 bridgehead atoms. The zero-order chi connectivity index (χ0) is 21.8. The minimum Gasteiger partial charge on any atom is -0.494 e. The molecule has 0 unspecified atom stereocenters. The Morgan fingerprint density at radius 3 is 2.52 bits per heavy atom. The normalized spacial score (nSPS) is 11.4. The fourth-order valence-electron chi connectivity index (χ4n) is 2.32. The van der Waals surface area contributed by atoms with E-state index in [4.69, 9.17) is 10.5 Å². The van der Waals surface area contributed by atoms with Gasteiger partial charge in [-0.15, -0.1) is 0 Å². The van der Waals surface area contributed by atoms with E-state index in [9.17, 15) is 4.79 Å². The van der Waals surface area contributed by atoms with Crippen LogP contribution in [0.2, 0.25) is 0 Å². The Labute approximate surface area is 172 Å². The van der Waals surface area contributed by atoms with Gasteiger partial charge in [-0.1, -0.05) is 12.7 Å². The lowest BCUT2D eigenvalue weighted by atomic mass is 10.2. The van der Waals surface area contributed by atoms with Gasteiger partial charge in [-0.25, -0.2) is 9.98 Å². The molecule has 1 rings (SSSR count). The van der Waals surface area contributed by atoms with Crippen LogP contribution >= 0.6 is 0 Å². The molecule has 9 nitrogen and oxygen atoms in total. The summed E-state index contributed by atoms with van der Waals surface area (Å²) in [6, 6.07) is 3.60. The van der Waals surface area contributed by atoms with Crippen LogP contribution in [0.15, 0.2) is 47.0 Å². The zero-order valence-electron chi connectivity index (χ0n) is 17.6. The molecule has 1 amide bonds. The summed E-state index contributed by atoms with van der Waals surface area (Å²) in [5, 5.41) is 5.89. The number of amides is 1. The molecule has 0 aliphatic carbocycles. The summed E-state index contributed by atoms with van der Waals surface area (Å²) in [5.41, 5.74) is 7.40. The number of aliphatic imine (C=N–C) groups is 2. The molecule has 0 fully saturated rings. The smallest absolute Gasteiger partial charge is 0.247 e. The largest absolute Gasteiger partial charge is 0.494 e. The molecule has 29 heavy (non-hydrogen) atoms. The number of hydrogen-bond acceptors (Lipinski definition) is 6. The number of guanidine groups is 1. The highest BCUT2D eigenvalue weighted by atomic mass is 16.5. The third-order valence-corrected chi connectivity index (χ3v) is 3.89. The molecule has 4 N–H and O–H groups in total. The van der Waals surface area contributed by atoms with Gasteiger partial charge >= 0.3 is 0 Å². The van der Waals surface area contributed by atoms with Gasteiger partial charge in [0, 0.05) is 38.9 Å². The molecule has 0 radical (unpaired) electrons. The maximum atomic E-state index is 12.0. The van der Waals surface area contributed by atoms with Crippen LogP contribution in [-0.4, -0.2) is 71.4 Å². The van der Waals surface area contributed by atoms with Crippen LogP contribution in [0.5, 0.6) is 5.75 Å². The summed E-state index contributed by atoms with van der Waals surface area (Å²) in [4.78, 5) is 24.1. The fraction of sp³-hybridized carbons (Fsp3) is 0.350. The zero-order valence-corrected chi connectivity index (χ0v) is 17.6. The van der Waals surface area contributed by atoms with E-state index in [0.29, 0.717) is 23.7 Å². The molecular formula is C20H31N7O2. The summed E-state index contributed by atoms with van der Waals surface area (Å²) in [6.07, 6.45) is 4.44. The number of ether oxygens (including phenoxy) is 1. The second-order valence-corrected chi connectivity index (χ2v) is 6.34. The van der Waals surface area contributed by atoms with Gasteiger partial charge in [0.25, 0.3) is 0 Å². The fourth-order valence-corrected chi connectivity index (χ4v) is 2.32. The molecule has 1 aromatic carbocycles. The van der Waals surface area contributed by atoms with Crippen molar-refractivity contribution >= 4 is 35.6 Å². The third kappa shape index (κ3) is 7.76. The summed E-state index contributed by atoms with van der Waals surface area (Å²) in [5.74, 6) is 0.514. The Kier molecular flexibility index (Phi) is 10.1. The van der Waals surface area contributed by atoms with Gasteiger partial charge in [0.1, 0.15) is 5.75 Å². The van der Waals surface area contributed by atoms with Crippen molar-refractivity contribution in [2.24, 2.45) is 15.7 Å². The van der Waals surface area contributed by atoms with Crippen LogP contribution < -0.4 is 26.0 Å². The van der Waals surface area contributed by atoms with Crippen molar-refractivity contribution in [3.8, 4) is 5.75 Å². The van der Waals surface area contributed by atoms with Gasteiger partial charge in [0.15, 0.2) is 0 Å². The molecule has 0 aliphatic heterocycles. The number of carbonyl (C=O) groups is 1. The maximum Gasteiger partial charge on any atom is 0.247 e. The molecule has 0 aliphatic rings. The van der Waals surface area contributed by atoms with Crippen LogP contribution in [0.25, 0.3) is 0 Å². The predicted molar refractivity (Wildman–Crippen MR) is 122 cm³/mol. The van der Waals surface area contributed by atoms with Gasteiger partial charge in [0.2, 0.25) is 11.9 Å². The van der Waals surface area contributed by atoms with Crippen LogP contribution in [0.3, 0.4) is 0 Å². The van der Waals surface area contributed by atoms with Crippen LogP contribution in [-0.2, 0) is 4.79 Å². The number of nitrogens with zero attached hydrogens (tertiary/aromatic N) is 4. The third-order valence-electron chi connectivity index (χ3n) is 3.89. The van der Waals surface area contributed by atoms with E-state index < -0.39 is 0 Å². The van der Waals surface area contributed by atoms with Crippen molar-refractivity contribution in [1.29, 1.82) is 0 Å². The molecule has 0 saturated heterocycles. The van der Waals surface area contributed by atoms with E-state index in [-0.39, 0.29) is 11.9 Å². The number of hydrogen-bond donors (Lipinski definition) is 3. The van der Waals surface area contributed by atoms with Crippen molar-refractivity contribution in [1.82, 2.24) is 4.90 Å². The quantitative estimate of drug-likeness (QED) is 0.313. The second kappa shape index (κ2) is 12.3. The minimum atomic E-state index is -0.315. The van der Waals surface area contributed by atoms with E-state index in [2.05, 4.69) is 38.8 Å². The van der Waals surface area contributed by atoms with E-state index in [1.165, 1.54) is 12.3 Å². The Hall–Kier alpha value is -3.17. The topological polar surface area (TPSA) is 108 Å². The number of carbonyl (C=O) groups excluding carboxylic acids is 1. The molecule has 0 aromatic heterocycles. The number of nitrogens with one attached hydrogen (secondary N) is 2. The Bertz CT molecular complexity index is 772. The van der Waals surface area contributed by atoms with Crippen molar-refractivity contribution in [3.63, 3.8) is 0 Å². The highest BCUT2D eigenvalue weighted by Gasteiger charge is 2.16. The standard InChI is InChI=1S/C20H31N7O2/c1-7-19(28)24-15-13-16(25-20(22-2)23-10-8-9-21)18(29-6)14-17(15)27(5)12-11-26(3)4/h7-8,10,13-14H,1-2,9,11-12,21H2,3-6H3,(H,23,25)(H,24,28)/b10-8-. The molecule has 0 heterocycles. The average molecular weight is 402 g/mol. The van der Waals surface area contributed by atoms with Crippen LogP contribution in [0, 0.1) is 0 Å². The van der Waals surface area contributed by atoms with Gasteiger partial charge in [-0.2, -0.15) is 0 Å². The molecule has 9 heteroatoms. The number of methoxy groups -OCH3 is 1. The Balaban J connectivity index is 3.35. The lowest BCUT2D eigenvalue weighted by molar-refractivity contribution is -0.111. The number of benzene rings is 1. The second-order valence-electron chi connectivity index (χ2n) is 6.34. The number of anilines is 3. The van der Waals surface area contributed by atoms with Crippen LogP contribution in [0.4, 0.5) is 17.1 Å². The number of rotatable bonds is 10. The van der Waals surface area contributed by atoms with E-state index in [0.717, 1.165) is 18.8 Å².